The van der Waals surface area contributed by atoms with Gasteiger partial charge in [0, 0.05) is 39.4 Å². The summed E-state index contributed by atoms with van der Waals surface area (Å²) >= 11 is 0. The molecular formula is C22H45IN4O. The molecule has 1 saturated heterocycles. The first-order valence-electron chi connectivity index (χ1n) is 11.4. The van der Waals surface area contributed by atoms with Gasteiger partial charge in [0.15, 0.2) is 5.96 Å². The van der Waals surface area contributed by atoms with Gasteiger partial charge in [-0.25, -0.2) is 0 Å². The lowest BCUT2D eigenvalue weighted by Crippen LogP contribution is -2.40. The molecule has 2 rings (SSSR count). The number of piperidine rings is 1. The molecule has 2 aliphatic rings. The van der Waals surface area contributed by atoms with Crippen molar-refractivity contribution in [3.63, 3.8) is 0 Å². The van der Waals surface area contributed by atoms with Crippen LogP contribution >= 0.6 is 24.0 Å². The molecule has 1 aliphatic heterocycles. The van der Waals surface area contributed by atoms with E-state index in [1.54, 1.807) is 0 Å². The highest BCUT2D eigenvalue weighted by Gasteiger charge is 2.33. The average molecular weight is 509 g/mol. The number of nitrogens with one attached hydrogen (secondary N) is 2. The van der Waals surface area contributed by atoms with Crippen molar-refractivity contribution in [1.82, 2.24) is 15.5 Å². The van der Waals surface area contributed by atoms with Crippen LogP contribution in [-0.4, -0.2) is 63.3 Å². The Kier molecular flexibility index (Phi) is 13.7. The van der Waals surface area contributed by atoms with E-state index in [1.165, 1.54) is 70.9 Å². The molecule has 28 heavy (non-hydrogen) atoms. The van der Waals surface area contributed by atoms with Crippen molar-refractivity contribution in [2.75, 3.05) is 46.4 Å². The van der Waals surface area contributed by atoms with E-state index < -0.39 is 0 Å². The molecule has 1 unspecified atom stereocenters. The number of aliphatic imine (C=N–C) groups is 1. The molecule has 1 atom stereocenters. The van der Waals surface area contributed by atoms with Gasteiger partial charge in [-0.1, -0.05) is 19.3 Å². The summed E-state index contributed by atoms with van der Waals surface area (Å²) in [6, 6.07) is 0.778. The summed E-state index contributed by atoms with van der Waals surface area (Å²) in [6.45, 7) is 10.8. The van der Waals surface area contributed by atoms with E-state index in [2.05, 4.69) is 29.4 Å². The molecule has 1 heterocycles. The minimum absolute atomic E-state index is 0. The Bertz CT molecular complexity index is 427. The predicted molar refractivity (Wildman–Crippen MR) is 131 cm³/mol. The smallest absolute Gasteiger partial charge is 0.191 e. The third kappa shape index (κ3) is 9.16. The molecule has 2 N–H and O–H groups in total. The molecule has 0 amide bonds. The molecule has 0 spiro atoms. The summed E-state index contributed by atoms with van der Waals surface area (Å²) in [7, 11) is 1.81. The van der Waals surface area contributed by atoms with Gasteiger partial charge in [-0.05, 0) is 77.3 Å². The second-order valence-electron chi connectivity index (χ2n) is 8.66. The number of likely N-dealkylation sites (tertiary alicyclic amines) is 1. The van der Waals surface area contributed by atoms with Gasteiger partial charge >= 0.3 is 0 Å². The maximum Gasteiger partial charge on any atom is 0.191 e. The van der Waals surface area contributed by atoms with Crippen molar-refractivity contribution >= 4 is 29.9 Å². The van der Waals surface area contributed by atoms with Gasteiger partial charge in [0.05, 0.1) is 0 Å². The van der Waals surface area contributed by atoms with E-state index in [-0.39, 0.29) is 24.0 Å². The van der Waals surface area contributed by atoms with Crippen LogP contribution in [0.5, 0.6) is 0 Å². The predicted octanol–water partition coefficient (Wildman–Crippen LogP) is 4.41. The summed E-state index contributed by atoms with van der Waals surface area (Å²) in [4.78, 5) is 7.62. The van der Waals surface area contributed by atoms with Crippen LogP contribution in [-0.2, 0) is 4.74 Å². The zero-order chi connectivity index (χ0) is 19.4. The molecule has 5 nitrogen and oxygen atoms in total. The number of hydrogen-bond acceptors (Lipinski definition) is 3. The summed E-state index contributed by atoms with van der Waals surface area (Å²) in [6.07, 6.45) is 13.1. The second kappa shape index (κ2) is 14.8. The number of nitrogens with zero attached hydrogens (tertiary/aromatic N) is 2. The van der Waals surface area contributed by atoms with Crippen LogP contribution in [0.2, 0.25) is 0 Å². The largest absolute Gasteiger partial charge is 0.385 e. The second-order valence-corrected chi connectivity index (χ2v) is 8.66. The standard InChI is InChI=1S/C22H44N4O.HI/c1-4-23-21(25-19-22(14-18-27-3)12-6-7-13-22)24-15-8-10-17-26-16-9-5-11-20(26)2;/h20H,4-19H2,1-3H3,(H2,23,24,25);1H. The van der Waals surface area contributed by atoms with Crippen LogP contribution in [0.3, 0.4) is 0 Å². The van der Waals surface area contributed by atoms with E-state index in [9.17, 15) is 0 Å². The molecular weight excluding hydrogens is 463 g/mol. The van der Waals surface area contributed by atoms with Gasteiger partial charge < -0.3 is 20.3 Å². The van der Waals surface area contributed by atoms with E-state index in [4.69, 9.17) is 9.73 Å². The molecule has 0 aromatic carbocycles. The number of ether oxygens (including phenoxy) is 1. The first-order valence-corrected chi connectivity index (χ1v) is 11.4. The van der Waals surface area contributed by atoms with Crippen molar-refractivity contribution in [2.45, 2.75) is 84.1 Å². The molecule has 0 aromatic heterocycles. The van der Waals surface area contributed by atoms with Crippen LogP contribution in [0.4, 0.5) is 0 Å². The van der Waals surface area contributed by atoms with Crippen LogP contribution in [0, 0.1) is 5.41 Å². The van der Waals surface area contributed by atoms with Crippen LogP contribution in [0.25, 0.3) is 0 Å². The Morgan fingerprint density at radius 3 is 2.61 bits per heavy atom. The SMILES string of the molecule is CCNC(=NCC1(CCOC)CCCC1)NCCCCN1CCCCC1C.I. The van der Waals surface area contributed by atoms with Crippen LogP contribution < -0.4 is 10.6 Å². The monoisotopic (exact) mass is 508 g/mol. The highest BCUT2D eigenvalue weighted by Crippen LogP contribution is 2.41. The van der Waals surface area contributed by atoms with Crippen molar-refractivity contribution in [3.8, 4) is 0 Å². The fourth-order valence-electron chi connectivity index (χ4n) is 4.66. The zero-order valence-electron chi connectivity index (χ0n) is 18.6. The number of halogens is 1. The summed E-state index contributed by atoms with van der Waals surface area (Å²) in [5, 5.41) is 6.98. The number of rotatable bonds is 11. The Morgan fingerprint density at radius 2 is 1.93 bits per heavy atom. The van der Waals surface area contributed by atoms with E-state index in [0.29, 0.717) is 5.41 Å². The van der Waals surface area contributed by atoms with Gasteiger partial charge in [-0.3, -0.25) is 4.99 Å². The Hall–Kier alpha value is -0.0800. The lowest BCUT2D eigenvalue weighted by Gasteiger charge is -2.33. The summed E-state index contributed by atoms with van der Waals surface area (Å²) in [5.74, 6) is 0.993. The highest BCUT2D eigenvalue weighted by atomic mass is 127. The van der Waals surface area contributed by atoms with E-state index in [1.807, 2.05) is 7.11 Å². The highest BCUT2D eigenvalue weighted by molar-refractivity contribution is 14.0. The van der Waals surface area contributed by atoms with Crippen LogP contribution in [0.15, 0.2) is 4.99 Å². The minimum atomic E-state index is 0. The average Bonchev–Trinajstić information content (AvgIpc) is 3.15. The number of methoxy groups -OCH3 is 1. The lowest BCUT2D eigenvalue weighted by molar-refractivity contribution is 0.141. The van der Waals surface area contributed by atoms with Gasteiger partial charge in [-0.15, -0.1) is 24.0 Å². The van der Waals surface area contributed by atoms with E-state index in [0.717, 1.165) is 44.7 Å². The zero-order valence-corrected chi connectivity index (χ0v) is 20.9. The molecule has 6 heteroatoms. The van der Waals surface area contributed by atoms with Gasteiger partial charge in [-0.2, -0.15) is 0 Å². The lowest BCUT2D eigenvalue weighted by atomic mass is 9.83. The Morgan fingerprint density at radius 1 is 1.14 bits per heavy atom. The number of hydrogen-bond donors (Lipinski definition) is 2. The van der Waals surface area contributed by atoms with Crippen molar-refractivity contribution in [1.29, 1.82) is 0 Å². The minimum Gasteiger partial charge on any atom is -0.385 e. The van der Waals surface area contributed by atoms with Gasteiger partial charge in [0.2, 0.25) is 0 Å². The molecule has 2 fully saturated rings. The third-order valence-electron chi connectivity index (χ3n) is 6.52. The summed E-state index contributed by atoms with van der Waals surface area (Å²) < 4.78 is 5.35. The molecule has 1 saturated carbocycles. The topological polar surface area (TPSA) is 48.9 Å². The fourth-order valence-corrected chi connectivity index (χ4v) is 4.66. The number of guanidine groups is 1. The maximum absolute atomic E-state index is 5.35. The third-order valence-corrected chi connectivity index (χ3v) is 6.52. The van der Waals surface area contributed by atoms with Crippen LogP contribution in [0.1, 0.15) is 78.1 Å². The van der Waals surface area contributed by atoms with E-state index >= 15 is 0 Å². The van der Waals surface area contributed by atoms with Crippen molar-refractivity contribution < 1.29 is 4.74 Å². The Labute approximate surface area is 190 Å². The summed E-state index contributed by atoms with van der Waals surface area (Å²) in [5.41, 5.74) is 0.364. The molecule has 1 aliphatic carbocycles. The van der Waals surface area contributed by atoms with Crippen molar-refractivity contribution in [3.05, 3.63) is 0 Å². The van der Waals surface area contributed by atoms with Crippen molar-refractivity contribution in [2.24, 2.45) is 10.4 Å². The molecule has 0 aromatic rings. The molecule has 0 bridgehead atoms. The molecule has 166 valence electrons. The van der Waals surface area contributed by atoms with Gasteiger partial charge in [0.1, 0.15) is 0 Å². The maximum atomic E-state index is 5.35. The quantitative estimate of drug-likeness (QED) is 0.188. The normalized spacial score (nSPS) is 22.7. The first-order chi connectivity index (χ1) is 13.2. The fraction of sp³-hybridized carbons (Fsp3) is 0.955. The molecule has 0 radical (unpaired) electrons. The number of unbranched alkanes of at least 4 members (excludes halogenated alkanes) is 1. The van der Waals surface area contributed by atoms with Gasteiger partial charge in [0.25, 0.3) is 0 Å². The first kappa shape index (κ1) is 26.0. The Balaban J connectivity index is 0.00000392.